The lowest BCUT2D eigenvalue weighted by atomic mass is 10.1. The first-order chi connectivity index (χ1) is 14.0. The van der Waals surface area contributed by atoms with Crippen LogP contribution in [0, 0.1) is 12.7 Å². The van der Waals surface area contributed by atoms with E-state index in [0.29, 0.717) is 25.2 Å². The maximum absolute atomic E-state index is 13.4. The number of nitrogens with one attached hydrogen (secondary N) is 1. The summed E-state index contributed by atoms with van der Waals surface area (Å²) in [6.45, 7) is 4.59. The molecule has 0 fully saturated rings. The second-order valence-electron chi connectivity index (χ2n) is 7.30. The van der Waals surface area contributed by atoms with E-state index in [9.17, 15) is 9.18 Å². The topological polar surface area (TPSA) is 80.9 Å². The van der Waals surface area contributed by atoms with Gasteiger partial charge in [0.2, 0.25) is 0 Å². The average Bonchev–Trinajstić information content (AvgIpc) is 3.18. The van der Waals surface area contributed by atoms with Crippen LogP contribution >= 0.6 is 11.6 Å². The fraction of sp³-hybridized carbons (Fsp3) is 0.368. The molecular weight excluding hydrogens is 397 g/mol. The molecule has 2 aliphatic heterocycles. The zero-order chi connectivity index (χ0) is 20.1. The molecule has 29 heavy (non-hydrogen) atoms. The van der Waals surface area contributed by atoms with E-state index in [0.717, 1.165) is 48.1 Å². The Kier molecular flexibility index (Phi) is 4.27. The van der Waals surface area contributed by atoms with Crippen molar-refractivity contribution in [1.82, 2.24) is 29.4 Å². The molecule has 0 saturated heterocycles. The van der Waals surface area contributed by atoms with Gasteiger partial charge in [-0.15, -0.1) is 10.2 Å². The van der Waals surface area contributed by atoms with Gasteiger partial charge >= 0.3 is 6.03 Å². The van der Waals surface area contributed by atoms with Gasteiger partial charge in [-0.3, -0.25) is 4.68 Å². The van der Waals surface area contributed by atoms with Gasteiger partial charge in [0.1, 0.15) is 17.3 Å². The molecule has 0 aliphatic carbocycles. The third kappa shape index (κ3) is 3.05. The third-order valence-corrected chi connectivity index (χ3v) is 5.75. The second-order valence-corrected chi connectivity index (χ2v) is 7.71. The summed E-state index contributed by atoms with van der Waals surface area (Å²) in [7, 11) is 0. The zero-order valence-corrected chi connectivity index (χ0v) is 16.6. The van der Waals surface area contributed by atoms with Crippen LogP contribution in [0.1, 0.15) is 23.5 Å². The Morgan fingerprint density at radius 3 is 2.93 bits per heavy atom. The van der Waals surface area contributed by atoms with Crippen LogP contribution in [-0.4, -0.2) is 42.0 Å². The van der Waals surface area contributed by atoms with E-state index in [2.05, 4.69) is 20.1 Å². The van der Waals surface area contributed by atoms with Crippen molar-refractivity contribution in [3.8, 4) is 11.5 Å². The summed E-state index contributed by atoms with van der Waals surface area (Å²) in [4.78, 5) is 14.5. The Hall–Kier alpha value is -2.94. The maximum atomic E-state index is 13.4. The zero-order valence-electron chi connectivity index (χ0n) is 15.8. The van der Waals surface area contributed by atoms with E-state index in [1.54, 1.807) is 4.90 Å². The molecule has 0 spiro atoms. The number of aryl methyl sites for hydroxylation is 2. The van der Waals surface area contributed by atoms with Crippen molar-refractivity contribution >= 4 is 23.3 Å². The van der Waals surface area contributed by atoms with E-state index >= 15 is 0 Å². The largest absolute Gasteiger partial charge is 0.322 e. The van der Waals surface area contributed by atoms with Crippen LogP contribution in [0.25, 0.3) is 11.5 Å². The van der Waals surface area contributed by atoms with Crippen molar-refractivity contribution < 1.29 is 9.18 Å². The summed E-state index contributed by atoms with van der Waals surface area (Å²) in [5, 5.41) is 16.1. The molecule has 2 amide bonds. The van der Waals surface area contributed by atoms with Gasteiger partial charge in [0.05, 0.1) is 17.3 Å². The molecule has 0 saturated carbocycles. The van der Waals surface area contributed by atoms with Gasteiger partial charge < -0.3 is 14.8 Å². The van der Waals surface area contributed by atoms with Crippen molar-refractivity contribution in [1.29, 1.82) is 0 Å². The van der Waals surface area contributed by atoms with Gasteiger partial charge in [-0.2, -0.15) is 5.10 Å². The van der Waals surface area contributed by atoms with Crippen LogP contribution in [-0.2, 0) is 26.1 Å². The maximum Gasteiger partial charge on any atom is 0.322 e. The lowest BCUT2D eigenvalue weighted by molar-refractivity contribution is 0.206. The van der Waals surface area contributed by atoms with Crippen molar-refractivity contribution in [2.24, 2.45) is 0 Å². The molecule has 0 bridgehead atoms. The number of fused-ring (bicyclic) bond motifs is 5. The molecule has 3 aromatic rings. The van der Waals surface area contributed by atoms with Crippen molar-refractivity contribution in [2.75, 3.05) is 11.9 Å². The number of carbonyl (C=O) groups is 1. The number of halogens is 2. The molecule has 1 N–H and O–H groups in total. The minimum Gasteiger partial charge on any atom is -0.320 e. The molecule has 8 nitrogen and oxygen atoms in total. The van der Waals surface area contributed by atoms with E-state index in [1.165, 1.54) is 18.2 Å². The summed E-state index contributed by atoms with van der Waals surface area (Å²) in [5.41, 5.74) is 3.42. The highest BCUT2D eigenvalue weighted by atomic mass is 35.5. The molecule has 150 valence electrons. The number of carbonyl (C=O) groups excluding carboxylic acids is 1. The normalized spacial score (nSPS) is 15.3. The predicted molar refractivity (Wildman–Crippen MR) is 105 cm³/mol. The van der Waals surface area contributed by atoms with Gasteiger partial charge in [-0.1, -0.05) is 11.6 Å². The van der Waals surface area contributed by atoms with Crippen LogP contribution in [0.2, 0.25) is 5.02 Å². The molecule has 1 aromatic carbocycles. The second kappa shape index (κ2) is 6.84. The highest BCUT2D eigenvalue weighted by molar-refractivity contribution is 6.31. The Bertz CT molecular complexity index is 1120. The van der Waals surface area contributed by atoms with Crippen LogP contribution in [0.5, 0.6) is 0 Å². The van der Waals surface area contributed by atoms with Gasteiger partial charge in [-0.05, 0) is 31.5 Å². The number of anilines is 1. The number of nitrogens with zero attached hydrogens (tertiary/aromatic N) is 6. The van der Waals surface area contributed by atoms with E-state index in [4.69, 9.17) is 16.7 Å². The summed E-state index contributed by atoms with van der Waals surface area (Å²) in [6, 6.07) is 3.87. The monoisotopic (exact) mass is 415 g/mol. The van der Waals surface area contributed by atoms with Crippen LogP contribution in [0.4, 0.5) is 14.9 Å². The number of amides is 2. The van der Waals surface area contributed by atoms with Crippen molar-refractivity contribution in [3.63, 3.8) is 0 Å². The number of rotatable bonds is 1. The smallest absolute Gasteiger partial charge is 0.320 e. The van der Waals surface area contributed by atoms with Gasteiger partial charge in [0, 0.05) is 37.3 Å². The number of benzene rings is 1. The molecule has 0 atom stereocenters. The van der Waals surface area contributed by atoms with E-state index in [1.807, 2.05) is 11.6 Å². The fourth-order valence-electron chi connectivity index (χ4n) is 3.99. The highest BCUT2D eigenvalue weighted by Gasteiger charge is 2.31. The number of aromatic nitrogens is 5. The van der Waals surface area contributed by atoms with Crippen LogP contribution in [0.3, 0.4) is 0 Å². The van der Waals surface area contributed by atoms with Gasteiger partial charge in [0.25, 0.3) is 0 Å². The summed E-state index contributed by atoms with van der Waals surface area (Å²) >= 11 is 5.81. The third-order valence-electron chi connectivity index (χ3n) is 5.46. The first kappa shape index (κ1) is 18.1. The lowest BCUT2D eigenvalue weighted by Crippen LogP contribution is -2.38. The van der Waals surface area contributed by atoms with Crippen LogP contribution in [0.15, 0.2) is 18.2 Å². The summed E-state index contributed by atoms with van der Waals surface area (Å²) in [5.74, 6) is 1.16. The van der Waals surface area contributed by atoms with E-state index < -0.39 is 5.82 Å². The highest BCUT2D eigenvalue weighted by Crippen LogP contribution is 2.32. The molecule has 2 aliphatic rings. The minimum absolute atomic E-state index is 0.0274. The standard InChI is InChI=1S/C19H19ClFN7O/c1-11-23-24-18-17-13-10-26(19(29)22-12-3-4-15(21)14(20)9-12)8-5-16(13)25-28(17)7-2-6-27(11)18/h3-4,9H,2,5-8,10H2,1H3,(H,22,29). The first-order valence-electron chi connectivity index (χ1n) is 9.51. The molecule has 0 radical (unpaired) electrons. The number of hydrogen-bond acceptors (Lipinski definition) is 4. The van der Waals surface area contributed by atoms with Crippen molar-refractivity contribution in [3.05, 3.63) is 46.1 Å². The van der Waals surface area contributed by atoms with E-state index in [-0.39, 0.29) is 11.1 Å². The molecule has 4 heterocycles. The lowest BCUT2D eigenvalue weighted by Gasteiger charge is -2.27. The Labute approximate surface area is 171 Å². The minimum atomic E-state index is -0.519. The molecule has 5 rings (SSSR count). The predicted octanol–water partition coefficient (Wildman–Crippen LogP) is 3.24. The Balaban J connectivity index is 1.44. The molecule has 0 unspecified atom stereocenters. The van der Waals surface area contributed by atoms with Crippen molar-refractivity contribution in [2.45, 2.75) is 39.4 Å². The SMILES string of the molecule is Cc1nnc2n1CCCn1nc3c(c1-2)CN(C(=O)Nc1ccc(F)c(Cl)c1)CC3. The number of hydrogen-bond donors (Lipinski definition) is 1. The molecular formula is C19H19ClFN7O. The summed E-state index contributed by atoms with van der Waals surface area (Å²) in [6.07, 6.45) is 1.62. The quantitative estimate of drug-likeness (QED) is 0.661. The Morgan fingerprint density at radius 1 is 1.24 bits per heavy atom. The molecule has 10 heteroatoms. The van der Waals surface area contributed by atoms with Gasteiger partial charge in [-0.25, -0.2) is 9.18 Å². The number of urea groups is 1. The first-order valence-corrected chi connectivity index (χ1v) is 9.89. The molecule has 2 aromatic heterocycles. The fourth-order valence-corrected chi connectivity index (χ4v) is 4.17. The van der Waals surface area contributed by atoms with Gasteiger partial charge in [0.15, 0.2) is 5.82 Å². The summed E-state index contributed by atoms with van der Waals surface area (Å²) < 4.78 is 17.5. The van der Waals surface area contributed by atoms with Crippen LogP contribution < -0.4 is 5.32 Å². The average molecular weight is 416 g/mol. The Morgan fingerprint density at radius 2 is 2.10 bits per heavy atom.